The van der Waals surface area contributed by atoms with E-state index in [-0.39, 0.29) is 24.2 Å². The van der Waals surface area contributed by atoms with Crippen LogP contribution in [0, 0.1) is 5.82 Å². The minimum atomic E-state index is -0.254. The molecule has 0 aromatic heterocycles. The Balaban J connectivity index is 1.56. The Labute approximate surface area is 154 Å². The lowest BCUT2D eigenvalue weighted by molar-refractivity contribution is -0.121. The lowest BCUT2D eigenvalue weighted by atomic mass is 10.0. The van der Waals surface area contributed by atoms with Crippen LogP contribution in [0.25, 0.3) is 0 Å². The molecule has 0 bridgehead atoms. The topological polar surface area (TPSA) is 41.6 Å². The van der Waals surface area contributed by atoms with Crippen LogP contribution in [0.5, 0.6) is 0 Å². The molecule has 1 saturated heterocycles. The molecule has 26 heavy (non-hydrogen) atoms. The second-order valence-corrected chi connectivity index (χ2v) is 6.47. The van der Waals surface area contributed by atoms with E-state index in [2.05, 4.69) is 22.3 Å². The fourth-order valence-electron chi connectivity index (χ4n) is 3.27. The predicted octanol–water partition coefficient (Wildman–Crippen LogP) is 2.95. The van der Waals surface area contributed by atoms with Gasteiger partial charge in [0.2, 0.25) is 5.91 Å². The molecule has 1 amide bonds. The summed E-state index contributed by atoms with van der Waals surface area (Å²) in [5, 5.41) is 3.02. The number of morpholine rings is 1. The molecule has 0 spiro atoms. The van der Waals surface area contributed by atoms with Crippen LogP contribution in [-0.4, -0.2) is 43.7 Å². The Morgan fingerprint density at radius 1 is 1.08 bits per heavy atom. The maximum Gasteiger partial charge on any atom is 0.220 e. The first kappa shape index (κ1) is 18.5. The number of carbonyl (C=O) groups is 1. The van der Waals surface area contributed by atoms with Gasteiger partial charge in [-0.2, -0.15) is 0 Å². The van der Waals surface area contributed by atoms with Crippen molar-refractivity contribution in [2.45, 2.75) is 18.9 Å². The molecule has 5 heteroatoms. The maximum atomic E-state index is 13.7. The number of carbonyl (C=O) groups excluding carboxylic acids is 1. The number of nitrogens with one attached hydrogen (secondary N) is 1. The van der Waals surface area contributed by atoms with E-state index in [1.54, 1.807) is 18.2 Å². The summed E-state index contributed by atoms with van der Waals surface area (Å²) in [7, 11) is 0. The molecule has 3 rings (SSSR count). The molecule has 1 atom stereocenters. The third-order valence-corrected chi connectivity index (χ3v) is 4.74. The van der Waals surface area contributed by atoms with Gasteiger partial charge in [0.1, 0.15) is 5.82 Å². The van der Waals surface area contributed by atoms with Crippen LogP contribution in [-0.2, 0) is 16.0 Å². The summed E-state index contributed by atoms with van der Waals surface area (Å²) in [6.45, 7) is 3.67. The van der Waals surface area contributed by atoms with Gasteiger partial charge in [-0.05, 0) is 23.6 Å². The minimum Gasteiger partial charge on any atom is -0.379 e. The Morgan fingerprint density at radius 2 is 1.77 bits per heavy atom. The van der Waals surface area contributed by atoms with E-state index >= 15 is 0 Å². The summed E-state index contributed by atoms with van der Waals surface area (Å²) in [5.74, 6) is -0.307. The molecule has 1 fully saturated rings. The number of rotatable bonds is 7. The van der Waals surface area contributed by atoms with Crippen molar-refractivity contribution in [3.63, 3.8) is 0 Å². The van der Waals surface area contributed by atoms with Gasteiger partial charge < -0.3 is 10.1 Å². The predicted molar refractivity (Wildman–Crippen MR) is 99.3 cm³/mol. The molecule has 4 nitrogen and oxygen atoms in total. The number of hydrogen-bond acceptors (Lipinski definition) is 3. The minimum absolute atomic E-state index is 0.0533. The molecular weight excluding hydrogens is 331 g/mol. The lowest BCUT2D eigenvalue weighted by Crippen LogP contribution is -2.43. The Morgan fingerprint density at radius 3 is 2.50 bits per heavy atom. The zero-order valence-corrected chi connectivity index (χ0v) is 14.9. The molecule has 0 radical (unpaired) electrons. The van der Waals surface area contributed by atoms with Crippen LogP contribution in [0.3, 0.4) is 0 Å². The van der Waals surface area contributed by atoms with Gasteiger partial charge in [-0.25, -0.2) is 4.39 Å². The molecule has 1 unspecified atom stereocenters. The van der Waals surface area contributed by atoms with Crippen LogP contribution in [0.15, 0.2) is 54.6 Å². The first-order chi connectivity index (χ1) is 12.7. The number of hydrogen-bond donors (Lipinski definition) is 1. The van der Waals surface area contributed by atoms with Crippen molar-refractivity contribution in [2.24, 2.45) is 0 Å². The first-order valence-corrected chi connectivity index (χ1v) is 9.11. The summed E-state index contributed by atoms with van der Waals surface area (Å²) in [5.41, 5.74) is 1.76. The molecule has 1 aliphatic heterocycles. The number of benzene rings is 2. The van der Waals surface area contributed by atoms with Crippen molar-refractivity contribution < 1.29 is 13.9 Å². The monoisotopic (exact) mass is 356 g/mol. The maximum absolute atomic E-state index is 13.7. The molecule has 138 valence electrons. The smallest absolute Gasteiger partial charge is 0.220 e. The second kappa shape index (κ2) is 9.46. The van der Waals surface area contributed by atoms with Crippen molar-refractivity contribution in [3.8, 4) is 0 Å². The number of amides is 1. The van der Waals surface area contributed by atoms with Crippen LogP contribution in [0.1, 0.15) is 23.6 Å². The van der Waals surface area contributed by atoms with Gasteiger partial charge in [-0.3, -0.25) is 9.69 Å². The Bertz CT molecular complexity index is 702. The zero-order valence-electron chi connectivity index (χ0n) is 14.9. The van der Waals surface area contributed by atoms with Crippen LogP contribution < -0.4 is 5.32 Å². The van der Waals surface area contributed by atoms with Crippen molar-refractivity contribution >= 4 is 5.91 Å². The fraction of sp³-hybridized carbons (Fsp3) is 0.381. The fourth-order valence-corrected chi connectivity index (χ4v) is 3.27. The normalized spacial score (nSPS) is 16.2. The number of halogens is 1. The zero-order chi connectivity index (χ0) is 18.2. The van der Waals surface area contributed by atoms with Crippen LogP contribution in [0.4, 0.5) is 4.39 Å². The van der Waals surface area contributed by atoms with E-state index in [9.17, 15) is 9.18 Å². The molecule has 2 aromatic carbocycles. The average molecular weight is 356 g/mol. The first-order valence-electron chi connectivity index (χ1n) is 9.11. The summed E-state index contributed by atoms with van der Waals surface area (Å²) >= 11 is 0. The van der Waals surface area contributed by atoms with Gasteiger partial charge in [0.15, 0.2) is 0 Å². The van der Waals surface area contributed by atoms with E-state index in [1.807, 2.05) is 18.2 Å². The Kier molecular flexibility index (Phi) is 6.75. The largest absolute Gasteiger partial charge is 0.379 e. The highest BCUT2D eigenvalue weighted by Gasteiger charge is 2.23. The van der Waals surface area contributed by atoms with E-state index in [1.165, 1.54) is 11.6 Å². The summed E-state index contributed by atoms with van der Waals surface area (Å²) in [6.07, 6.45) is 0.692. The van der Waals surface area contributed by atoms with Crippen molar-refractivity contribution in [2.75, 3.05) is 32.8 Å². The molecule has 1 N–H and O–H groups in total. The quantitative estimate of drug-likeness (QED) is 0.829. The van der Waals surface area contributed by atoms with E-state index < -0.39 is 0 Å². The van der Waals surface area contributed by atoms with Gasteiger partial charge in [0, 0.05) is 26.1 Å². The summed E-state index contributed by atoms with van der Waals surface area (Å²) in [6, 6.07) is 16.9. The lowest BCUT2D eigenvalue weighted by Gasteiger charge is -2.35. The van der Waals surface area contributed by atoms with Crippen molar-refractivity contribution in [1.82, 2.24) is 10.2 Å². The standard InChI is InChI=1S/C21H25FN2O2/c22-19-9-5-4-6-17(19)10-11-21(25)23-16-20(18-7-2-1-3-8-18)24-12-14-26-15-13-24/h1-9,20H,10-16H2,(H,23,25). The highest BCUT2D eigenvalue weighted by molar-refractivity contribution is 5.76. The number of ether oxygens (including phenoxy) is 1. The van der Waals surface area contributed by atoms with Crippen LogP contribution in [0.2, 0.25) is 0 Å². The summed E-state index contributed by atoms with van der Waals surface area (Å²) in [4.78, 5) is 14.6. The molecule has 0 saturated carbocycles. The SMILES string of the molecule is O=C(CCc1ccccc1F)NCC(c1ccccc1)N1CCOCC1. The molecule has 0 aliphatic carbocycles. The number of nitrogens with zero attached hydrogens (tertiary/aromatic N) is 1. The van der Waals surface area contributed by atoms with E-state index in [0.29, 0.717) is 31.7 Å². The molecular formula is C21H25FN2O2. The third-order valence-electron chi connectivity index (χ3n) is 4.74. The molecule has 1 heterocycles. The van der Waals surface area contributed by atoms with Gasteiger partial charge in [0.25, 0.3) is 0 Å². The second-order valence-electron chi connectivity index (χ2n) is 6.47. The van der Waals surface area contributed by atoms with Gasteiger partial charge in [-0.1, -0.05) is 48.5 Å². The molecule has 2 aromatic rings. The average Bonchev–Trinajstić information content (AvgIpc) is 2.69. The van der Waals surface area contributed by atoms with Crippen molar-refractivity contribution in [3.05, 3.63) is 71.5 Å². The van der Waals surface area contributed by atoms with Gasteiger partial charge in [0.05, 0.1) is 19.3 Å². The Hall–Kier alpha value is -2.24. The van der Waals surface area contributed by atoms with E-state index in [0.717, 1.165) is 13.1 Å². The molecule has 1 aliphatic rings. The third kappa shape index (κ3) is 5.13. The van der Waals surface area contributed by atoms with Gasteiger partial charge in [-0.15, -0.1) is 0 Å². The summed E-state index contributed by atoms with van der Waals surface area (Å²) < 4.78 is 19.1. The highest BCUT2D eigenvalue weighted by Crippen LogP contribution is 2.21. The number of aryl methyl sites for hydroxylation is 1. The van der Waals surface area contributed by atoms with E-state index in [4.69, 9.17) is 4.74 Å². The van der Waals surface area contributed by atoms with Crippen molar-refractivity contribution in [1.29, 1.82) is 0 Å². The van der Waals surface area contributed by atoms with Gasteiger partial charge >= 0.3 is 0 Å². The highest BCUT2D eigenvalue weighted by atomic mass is 19.1. The van der Waals surface area contributed by atoms with Crippen LogP contribution >= 0.6 is 0 Å².